The standard InChI is InChI=1S/C35H37Cl2N7O4/c1-44(18-21-12-13-48-20-21)19-30-35(47-3)43-28(17-40-30)26-9-5-7-24(33(26)37)23-6-4-8-25(32(23)36)27-16-39-29(34(42-27)46-2)15-38-14-22-10-11-31(45)41-22/h4-9,16-18,21-22,38H,10-15,19-20H2,1-3H3/p+1/b44-18+/t21?,22-/m0/s1. The normalized spacial score (nSPS) is 17.9. The second kappa shape index (κ2) is 15.4. The van der Waals surface area contributed by atoms with Gasteiger partial charge in [0.05, 0.1) is 60.6 Å². The lowest BCUT2D eigenvalue weighted by Crippen LogP contribution is -2.35. The van der Waals surface area contributed by atoms with Gasteiger partial charge in [-0.1, -0.05) is 59.6 Å². The van der Waals surface area contributed by atoms with Crippen LogP contribution in [-0.4, -0.2) is 83.7 Å². The number of halogens is 2. The number of ether oxygens (including phenoxy) is 3. The first kappa shape index (κ1) is 33.7. The number of methoxy groups -OCH3 is 2. The first-order chi connectivity index (χ1) is 23.3. The summed E-state index contributed by atoms with van der Waals surface area (Å²) >= 11 is 14.1. The van der Waals surface area contributed by atoms with Crippen molar-refractivity contribution in [1.82, 2.24) is 30.6 Å². The van der Waals surface area contributed by atoms with Gasteiger partial charge < -0.3 is 24.8 Å². The number of rotatable bonds is 12. The summed E-state index contributed by atoms with van der Waals surface area (Å²) in [6.07, 6.45) is 7.97. The van der Waals surface area contributed by atoms with Gasteiger partial charge in [0.15, 0.2) is 12.2 Å². The summed E-state index contributed by atoms with van der Waals surface area (Å²) in [6.45, 7) is 3.17. The lowest BCUT2D eigenvalue weighted by Gasteiger charge is -2.15. The zero-order valence-corrected chi connectivity index (χ0v) is 28.6. The Morgan fingerprint density at radius 3 is 2.10 bits per heavy atom. The highest BCUT2D eigenvalue weighted by molar-refractivity contribution is 6.39. The number of aromatic nitrogens is 4. The van der Waals surface area contributed by atoms with Gasteiger partial charge in [-0.05, 0) is 12.8 Å². The molecule has 250 valence electrons. The van der Waals surface area contributed by atoms with E-state index >= 15 is 0 Å². The maximum atomic E-state index is 11.5. The maximum Gasteiger partial charge on any atom is 0.242 e. The third kappa shape index (κ3) is 7.60. The number of nitrogens with one attached hydrogen (secondary N) is 2. The second-order valence-corrected chi connectivity index (χ2v) is 12.6. The highest BCUT2D eigenvalue weighted by Crippen LogP contribution is 2.42. The van der Waals surface area contributed by atoms with Crippen molar-refractivity contribution >= 4 is 35.3 Å². The van der Waals surface area contributed by atoms with Crippen LogP contribution in [0.25, 0.3) is 33.6 Å². The van der Waals surface area contributed by atoms with Crippen molar-refractivity contribution in [3.63, 3.8) is 0 Å². The van der Waals surface area contributed by atoms with Gasteiger partial charge in [0, 0.05) is 54.4 Å². The number of carbonyl (C=O) groups is 1. The minimum absolute atomic E-state index is 0.0855. The summed E-state index contributed by atoms with van der Waals surface area (Å²) in [4.78, 5) is 30.3. The lowest BCUT2D eigenvalue weighted by molar-refractivity contribution is -0.512. The molecule has 0 aliphatic carbocycles. The Hall–Kier alpha value is -4.16. The fraction of sp³-hybridized carbons (Fsp3) is 0.371. The van der Waals surface area contributed by atoms with E-state index in [1.165, 1.54) is 0 Å². The van der Waals surface area contributed by atoms with Crippen molar-refractivity contribution in [2.24, 2.45) is 5.92 Å². The van der Waals surface area contributed by atoms with Crippen LogP contribution >= 0.6 is 23.2 Å². The largest absolute Gasteiger partial charge is 0.480 e. The Labute approximate surface area is 289 Å². The van der Waals surface area contributed by atoms with Gasteiger partial charge in [0.2, 0.25) is 17.7 Å². The second-order valence-electron chi connectivity index (χ2n) is 11.9. The van der Waals surface area contributed by atoms with E-state index in [1.807, 2.05) is 43.4 Å². The van der Waals surface area contributed by atoms with E-state index in [0.717, 1.165) is 42.9 Å². The van der Waals surface area contributed by atoms with Crippen molar-refractivity contribution in [3.8, 4) is 45.4 Å². The summed E-state index contributed by atoms with van der Waals surface area (Å²) < 4.78 is 18.8. The quantitative estimate of drug-likeness (QED) is 0.152. The molecular formula is C35H38Cl2N7O4+. The minimum atomic E-state index is 0.0855. The Balaban J connectivity index is 1.23. The van der Waals surface area contributed by atoms with Crippen LogP contribution in [0.3, 0.4) is 0 Å². The van der Waals surface area contributed by atoms with Gasteiger partial charge in [-0.2, -0.15) is 0 Å². The molecule has 11 nitrogen and oxygen atoms in total. The Morgan fingerprint density at radius 1 is 0.938 bits per heavy atom. The smallest absolute Gasteiger partial charge is 0.242 e. The molecule has 2 aliphatic heterocycles. The highest BCUT2D eigenvalue weighted by Gasteiger charge is 2.23. The summed E-state index contributed by atoms with van der Waals surface area (Å²) in [6, 6.07) is 11.6. The molecule has 2 saturated heterocycles. The van der Waals surface area contributed by atoms with Gasteiger partial charge in [0.25, 0.3) is 0 Å². The van der Waals surface area contributed by atoms with Crippen LogP contribution in [0, 0.1) is 5.92 Å². The Bertz CT molecular complexity index is 1830. The molecule has 2 atom stereocenters. The molecule has 4 aromatic rings. The molecule has 1 amide bonds. The molecule has 4 heterocycles. The molecule has 1 unspecified atom stereocenters. The monoisotopic (exact) mass is 690 g/mol. The van der Waals surface area contributed by atoms with Crippen molar-refractivity contribution in [2.45, 2.75) is 38.4 Å². The van der Waals surface area contributed by atoms with Gasteiger partial charge in [-0.25, -0.2) is 19.5 Å². The fourth-order valence-corrected chi connectivity index (χ4v) is 6.65. The van der Waals surface area contributed by atoms with E-state index in [9.17, 15) is 4.79 Å². The first-order valence-corrected chi connectivity index (χ1v) is 16.6. The van der Waals surface area contributed by atoms with Crippen molar-refractivity contribution < 1.29 is 23.6 Å². The van der Waals surface area contributed by atoms with Crippen LogP contribution in [0.2, 0.25) is 10.0 Å². The van der Waals surface area contributed by atoms with Crippen LogP contribution < -0.4 is 20.1 Å². The minimum Gasteiger partial charge on any atom is -0.480 e. The van der Waals surface area contributed by atoms with Crippen LogP contribution in [0.4, 0.5) is 0 Å². The van der Waals surface area contributed by atoms with Gasteiger partial charge in [-0.3, -0.25) is 9.78 Å². The van der Waals surface area contributed by atoms with Crippen molar-refractivity contribution in [3.05, 3.63) is 70.2 Å². The molecule has 48 heavy (non-hydrogen) atoms. The van der Waals surface area contributed by atoms with Gasteiger partial charge in [-0.15, -0.1) is 0 Å². The predicted octanol–water partition coefficient (Wildman–Crippen LogP) is 5.21. The van der Waals surface area contributed by atoms with E-state index in [1.54, 1.807) is 26.6 Å². The van der Waals surface area contributed by atoms with Crippen LogP contribution in [0.15, 0.2) is 48.8 Å². The van der Waals surface area contributed by atoms with Crippen molar-refractivity contribution in [2.75, 3.05) is 41.0 Å². The SMILES string of the molecule is COc1nc(-c2cccc(-c3cccc(-c4cnc(C/[N+](C)=C/C5CCOC5)c(OC)n4)c3Cl)c2Cl)cnc1CNC[C@@H]1CCC(=O)N1. The maximum absolute atomic E-state index is 11.5. The molecule has 2 aromatic carbocycles. The average Bonchev–Trinajstić information content (AvgIpc) is 3.77. The average molecular weight is 692 g/mol. The molecule has 0 radical (unpaired) electrons. The predicted molar refractivity (Wildman–Crippen MR) is 185 cm³/mol. The third-order valence-corrected chi connectivity index (χ3v) is 9.26. The Morgan fingerprint density at radius 2 is 1.54 bits per heavy atom. The van der Waals surface area contributed by atoms with E-state index in [-0.39, 0.29) is 11.9 Å². The number of nitrogens with zero attached hydrogens (tertiary/aromatic N) is 5. The molecular weight excluding hydrogens is 653 g/mol. The summed E-state index contributed by atoms with van der Waals surface area (Å²) in [5.41, 5.74) is 5.38. The molecule has 2 N–H and O–H groups in total. The highest BCUT2D eigenvalue weighted by atomic mass is 35.5. The number of hydrogen-bond acceptors (Lipinski definition) is 9. The molecule has 6 rings (SSSR count). The number of benzene rings is 2. The molecule has 0 spiro atoms. The van der Waals surface area contributed by atoms with E-state index < -0.39 is 0 Å². The van der Waals surface area contributed by atoms with Gasteiger partial charge in [0.1, 0.15) is 19.0 Å². The van der Waals surface area contributed by atoms with E-state index in [2.05, 4.69) is 26.4 Å². The molecule has 2 fully saturated rings. The van der Waals surface area contributed by atoms with Crippen LogP contribution in [0.1, 0.15) is 30.7 Å². The van der Waals surface area contributed by atoms with E-state index in [4.69, 9.17) is 52.4 Å². The number of hydrogen-bond donors (Lipinski definition) is 2. The first-order valence-electron chi connectivity index (χ1n) is 15.9. The molecule has 0 saturated carbocycles. The molecule has 2 aliphatic rings. The summed E-state index contributed by atoms with van der Waals surface area (Å²) in [5, 5.41) is 7.24. The molecule has 2 aromatic heterocycles. The van der Waals surface area contributed by atoms with Crippen LogP contribution in [-0.2, 0) is 22.6 Å². The van der Waals surface area contributed by atoms with Crippen molar-refractivity contribution in [1.29, 1.82) is 0 Å². The Kier molecular flexibility index (Phi) is 10.8. The zero-order chi connectivity index (χ0) is 33.6. The fourth-order valence-electron chi connectivity index (χ4n) is 6.00. The summed E-state index contributed by atoms with van der Waals surface area (Å²) in [7, 11) is 5.16. The number of carbonyl (C=O) groups excluding carboxylic acids is 1. The van der Waals surface area contributed by atoms with E-state index in [0.29, 0.717) is 82.0 Å². The number of amides is 1. The summed E-state index contributed by atoms with van der Waals surface area (Å²) in [5.74, 6) is 1.31. The molecule has 13 heteroatoms. The van der Waals surface area contributed by atoms with Crippen LogP contribution in [0.5, 0.6) is 11.8 Å². The molecule has 0 bridgehead atoms. The lowest BCUT2D eigenvalue weighted by atomic mass is 9.98. The topological polar surface area (TPSA) is 123 Å². The zero-order valence-electron chi connectivity index (χ0n) is 27.1. The van der Waals surface area contributed by atoms with Gasteiger partial charge >= 0.3 is 0 Å². The third-order valence-electron chi connectivity index (χ3n) is 8.45.